The van der Waals surface area contributed by atoms with Crippen LogP contribution < -0.4 is 5.32 Å². The first kappa shape index (κ1) is 17.9. The largest absolute Gasteiger partial charge is 0.365 e. The molecule has 1 aromatic carbocycles. The van der Waals surface area contributed by atoms with Crippen LogP contribution in [0.3, 0.4) is 0 Å². The number of rotatable bonds is 3. The quantitative estimate of drug-likeness (QED) is 0.772. The van der Waals surface area contributed by atoms with E-state index in [2.05, 4.69) is 46.6 Å². The van der Waals surface area contributed by atoms with Crippen molar-refractivity contribution in [2.24, 2.45) is 0 Å². The van der Waals surface area contributed by atoms with E-state index in [0.29, 0.717) is 0 Å². The van der Waals surface area contributed by atoms with Crippen LogP contribution in [0.4, 0.5) is 5.13 Å². The molecule has 3 rings (SSSR count). The average Bonchev–Trinajstić information content (AvgIpc) is 3.22. The number of thiazole rings is 1. The van der Waals surface area contributed by atoms with Gasteiger partial charge in [-0.05, 0) is 18.9 Å². The van der Waals surface area contributed by atoms with Crippen molar-refractivity contribution in [1.82, 2.24) is 14.8 Å². The maximum absolute atomic E-state index is 11.1. The summed E-state index contributed by atoms with van der Waals surface area (Å²) in [5, 5.41) is 7.84. The van der Waals surface area contributed by atoms with Gasteiger partial charge in [0, 0.05) is 30.6 Å². The van der Waals surface area contributed by atoms with E-state index in [1.54, 1.807) is 23.7 Å². The van der Waals surface area contributed by atoms with Crippen LogP contribution >= 0.6 is 11.3 Å². The van der Waals surface area contributed by atoms with Crippen molar-refractivity contribution in [3.05, 3.63) is 53.2 Å². The fourth-order valence-electron chi connectivity index (χ4n) is 2.10. The summed E-state index contributed by atoms with van der Waals surface area (Å²) in [5.74, 6) is -0.104. The molecule has 0 spiro atoms. The minimum Gasteiger partial charge on any atom is -0.365 e. The number of anilines is 1. The summed E-state index contributed by atoms with van der Waals surface area (Å²) in [6, 6.07) is 10.5. The van der Waals surface area contributed by atoms with Gasteiger partial charge in [-0.3, -0.25) is 4.79 Å². The molecule has 0 saturated carbocycles. The van der Waals surface area contributed by atoms with Gasteiger partial charge < -0.3 is 5.32 Å². The summed E-state index contributed by atoms with van der Waals surface area (Å²) in [6.45, 7) is 5.64. The van der Waals surface area contributed by atoms with E-state index in [9.17, 15) is 4.79 Å². The fourth-order valence-corrected chi connectivity index (χ4v) is 2.89. The normalized spacial score (nSPS) is 10.0. The van der Waals surface area contributed by atoms with Crippen LogP contribution in [0.5, 0.6) is 0 Å². The lowest BCUT2D eigenvalue weighted by molar-refractivity contribution is 0.0921. The molecule has 6 heteroatoms. The van der Waals surface area contributed by atoms with Crippen molar-refractivity contribution in [3.63, 3.8) is 0 Å². The zero-order valence-electron chi connectivity index (χ0n) is 14.4. The molecule has 0 bridgehead atoms. The highest BCUT2D eigenvalue weighted by Crippen LogP contribution is 2.29. The molecule has 0 radical (unpaired) electrons. The van der Waals surface area contributed by atoms with E-state index in [1.807, 2.05) is 20.0 Å². The van der Waals surface area contributed by atoms with E-state index in [0.717, 1.165) is 27.7 Å². The van der Waals surface area contributed by atoms with Crippen LogP contribution in [-0.4, -0.2) is 27.7 Å². The van der Waals surface area contributed by atoms with Crippen molar-refractivity contribution >= 4 is 22.4 Å². The zero-order valence-corrected chi connectivity index (χ0v) is 15.2. The zero-order chi connectivity index (χ0) is 17.5. The lowest BCUT2D eigenvalue weighted by Crippen LogP contribution is -2.04. The Morgan fingerprint density at radius 2 is 2.00 bits per heavy atom. The number of aryl methyl sites for hydroxylation is 2. The van der Waals surface area contributed by atoms with E-state index in [1.165, 1.54) is 17.2 Å². The van der Waals surface area contributed by atoms with E-state index < -0.39 is 0 Å². The average molecular weight is 342 g/mol. The van der Waals surface area contributed by atoms with Gasteiger partial charge in [-0.25, -0.2) is 9.67 Å². The van der Waals surface area contributed by atoms with E-state index >= 15 is 0 Å². The minimum absolute atomic E-state index is 0.104. The summed E-state index contributed by atoms with van der Waals surface area (Å²) >= 11 is 1.58. The number of hydrogen-bond acceptors (Lipinski definition) is 5. The first-order valence-corrected chi connectivity index (χ1v) is 8.61. The predicted octanol–water partition coefficient (Wildman–Crippen LogP) is 4.27. The fraction of sp³-hybridized carbons (Fsp3) is 0.278. The number of benzene rings is 1. The van der Waals surface area contributed by atoms with Crippen molar-refractivity contribution < 1.29 is 4.79 Å². The summed E-state index contributed by atoms with van der Waals surface area (Å²) in [4.78, 5) is 16.6. The molecule has 1 N–H and O–H groups in total. The number of nitrogens with one attached hydrogen (secondary N) is 1. The second-order valence-electron chi connectivity index (χ2n) is 5.21. The summed E-state index contributed by atoms with van der Waals surface area (Å²) in [7, 11) is 1.83. The molecule has 0 saturated heterocycles. The van der Waals surface area contributed by atoms with Crippen molar-refractivity contribution in [2.75, 3.05) is 12.4 Å². The second kappa shape index (κ2) is 8.40. The predicted molar refractivity (Wildman–Crippen MR) is 99.7 cm³/mol. The molecule has 2 heterocycles. The first-order chi connectivity index (χ1) is 11.5. The van der Waals surface area contributed by atoms with Gasteiger partial charge in [-0.2, -0.15) is 5.10 Å². The Bertz CT molecular complexity index is 792. The van der Waals surface area contributed by atoms with Gasteiger partial charge >= 0.3 is 0 Å². The Hall–Kier alpha value is -2.47. The van der Waals surface area contributed by atoms with Gasteiger partial charge in [0.15, 0.2) is 5.13 Å². The van der Waals surface area contributed by atoms with Gasteiger partial charge in [0.25, 0.3) is 0 Å². The Balaban J connectivity index is 0.000000219. The van der Waals surface area contributed by atoms with Crippen molar-refractivity contribution in [3.8, 4) is 11.3 Å². The molecular weight excluding hydrogens is 320 g/mol. The highest BCUT2D eigenvalue weighted by atomic mass is 32.1. The lowest BCUT2D eigenvalue weighted by Gasteiger charge is -1.92. The van der Waals surface area contributed by atoms with Crippen LogP contribution in [0.15, 0.2) is 42.7 Å². The van der Waals surface area contributed by atoms with Crippen LogP contribution in [0.2, 0.25) is 0 Å². The molecule has 0 aliphatic rings. The van der Waals surface area contributed by atoms with Gasteiger partial charge in [-0.1, -0.05) is 37.3 Å². The van der Waals surface area contributed by atoms with Crippen LogP contribution in [0.25, 0.3) is 11.3 Å². The van der Waals surface area contributed by atoms with Crippen LogP contribution in [-0.2, 0) is 6.42 Å². The molecule has 0 aliphatic heterocycles. The van der Waals surface area contributed by atoms with Gasteiger partial charge in [-0.15, -0.1) is 11.3 Å². The third kappa shape index (κ3) is 4.52. The molecule has 24 heavy (non-hydrogen) atoms. The number of carbonyl (C=O) groups excluding carboxylic acids is 1. The monoisotopic (exact) mass is 342 g/mol. The van der Waals surface area contributed by atoms with Crippen molar-refractivity contribution in [1.29, 1.82) is 0 Å². The van der Waals surface area contributed by atoms with Crippen LogP contribution in [0, 0.1) is 6.92 Å². The second-order valence-corrected chi connectivity index (χ2v) is 6.41. The molecule has 0 atom stereocenters. The highest BCUT2D eigenvalue weighted by molar-refractivity contribution is 7.15. The van der Waals surface area contributed by atoms with E-state index in [4.69, 9.17) is 0 Å². The maximum atomic E-state index is 11.1. The Kier molecular flexibility index (Phi) is 6.26. The summed E-state index contributed by atoms with van der Waals surface area (Å²) in [5.41, 5.74) is 3.15. The number of nitrogens with zero attached hydrogens (tertiary/aromatic N) is 3. The first-order valence-electron chi connectivity index (χ1n) is 7.80. The Labute approximate surface area is 146 Å². The molecule has 0 fully saturated rings. The Morgan fingerprint density at radius 3 is 2.46 bits per heavy atom. The molecule has 0 amide bonds. The maximum Gasteiger partial charge on any atom is 0.243 e. The van der Waals surface area contributed by atoms with Gasteiger partial charge in [0.2, 0.25) is 5.91 Å². The smallest absolute Gasteiger partial charge is 0.243 e. The molecule has 126 valence electrons. The molecular formula is C18H22N4OS. The molecule has 0 unspecified atom stereocenters. The number of aromatic nitrogens is 3. The highest BCUT2D eigenvalue weighted by Gasteiger charge is 2.11. The number of hydrogen-bond donors (Lipinski definition) is 1. The van der Waals surface area contributed by atoms with Crippen LogP contribution in [0.1, 0.15) is 29.1 Å². The third-order valence-electron chi connectivity index (χ3n) is 3.44. The Morgan fingerprint density at radius 1 is 1.29 bits per heavy atom. The third-order valence-corrected chi connectivity index (χ3v) is 4.43. The molecule has 3 aromatic rings. The summed E-state index contributed by atoms with van der Waals surface area (Å²) < 4.78 is 1.31. The van der Waals surface area contributed by atoms with E-state index in [-0.39, 0.29) is 5.91 Å². The minimum atomic E-state index is -0.104. The van der Waals surface area contributed by atoms with Gasteiger partial charge in [0.1, 0.15) is 0 Å². The lowest BCUT2D eigenvalue weighted by atomic mass is 10.2. The molecule has 2 aromatic heterocycles. The molecule has 5 nitrogen and oxygen atoms in total. The molecule has 0 aliphatic carbocycles. The topological polar surface area (TPSA) is 59.8 Å². The summed E-state index contributed by atoms with van der Waals surface area (Å²) in [6.07, 6.45) is 4.49. The SMILES string of the molecule is CCc1ccccc1.CNc1nc(-c2cnn(C(C)=O)c2)c(C)s1. The van der Waals surface area contributed by atoms with Gasteiger partial charge in [0.05, 0.1) is 11.9 Å². The van der Waals surface area contributed by atoms with Crippen molar-refractivity contribution in [2.45, 2.75) is 27.2 Å². The number of carbonyl (C=O) groups is 1. The standard InChI is InChI=1S/C10H12N4OS.C8H10/c1-6-9(13-10(11-3)16-6)8-4-12-14(5-8)7(2)15;1-2-8-6-4-3-5-7-8/h4-5H,1-3H3,(H,11,13);3-7H,2H2,1H3.